The van der Waals surface area contributed by atoms with E-state index in [-0.39, 0.29) is 37.1 Å². The van der Waals surface area contributed by atoms with Crippen molar-refractivity contribution in [3.05, 3.63) is 36.2 Å². The van der Waals surface area contributed by atoms with Gasteiger partial charge in [0.15, 0.2) is 0 Å². The Labute approximate surface area is 176 Å². The molecular formula is C20H31N7O3. The second kappa shape index (κ2) is 9.86. The van der Waals surface area contributed by atoms with E-state index in [0.29, 0.717) is 18.5 Å². The van der Waals surface area contributed by atoms with Gasteiger partial charge in [-0.05, 0) is 27.4 Å². The molecule has 1 aliphatic rings. The highest BCUT2D eigenvalue weighted by molar-refractivity contribution is 5.94. The number of carbonyl (C=O) groups is 2. The summed E-state index contributed by atoms with van der Waals surface area (Å²) < 4.78 is 9.09. The Morgan fingerprint density at radius 3 is 2.87 bits per heavy atom. The molecule has 0 aromatic carbocycles. The van der Waals surface area contributed by atoms with E-state index in [1.54, 1.807) is 28.2 Å². The van der Waals surface area contributed by atoms with E-state index in [4.69, 9.17) is 4.74 Å². The third-order valence-corrected chi connectivity index (χ3v) is 5.24. The average Bonchev–Trinajstić information content (AvgIpc) is 3.40. The van der Waals surface area contributed by atoms with Gasteiger partial charge in [0, 0.05) is 50.8 Å². The van der Waals surface area contributed by atoms with E-state index in [2.05, 4.69) is 20.3 Å². The highest BCUT2D eigenvalue weighted by atomic mass is 16.5. The molecular weight excluding hydrogens is 386 g/mol. The number of carbonyl (C=O) groups excluding carboxylic acids is 2. The van der Waals surface area contributed by atoms with E-state index < -0.39 is 0 Å². The number of ether oxygens (including phenoxy) is 1. The van der Waals surface area contributed by atoms with Crippen molar-refractivity contribution in [3.8, 4) is 0 Å². The molecule has 0 aliphatic carbocycles. The molecule has 1 N–H and O–H groups in total. The van der Waals surface area contributed by atoms with Crippen molar-refractivity contribution in [3.63, 3.8) is 0 Å². The van der Waals surface area contributed by atoms with Gasteiger partial charge in [-0.1, -0.05) is 0 Å². The summed E-state index contributed by atoms with van der Waals surface area (Å²) in [5, 5.41) is 7.25. The number of imidazole rings is 1. The molecule has 2 amide bonds. The highest BCUT2D eigenvalue weighted by Crippen LogP contribution is 2.20. The first-order valence-corrected chi connectivity index (χ1v) is 10.1. The maximum atomic E-state index is 12.9. The minimum absolute atomic E-state index is 0.0374. The largest absolute Gasteiger partial charge is 0.364 e. The normalized spacial score (nSPS) is 18.9. The zero-order valence-corrected chi connectivity index (χ0v) is 18.1. The summed E-state index contributed by atoms with van der Waals surface area (Å²) in [6.07, 6.45) is 7.64. The monoisotopic (exact) mass is 417 g/mol. The smallest absolute Gasteiger partial charge is 0.257 e. The lowest BCUT2D eigenvalue weighted by atomic mass is 10.2. The Morgan fingerprint density at radius 2 is 2.17 bits per heavy atom. The van der Waals surface area contributed by atoms with Crippen molar-refractivity contribution in [2.24, 2.45) is 7.05 Å². The van der Waals surface area contributed by atoms with Crippen LogP contribution in [0.4, 0.5) is 0 Å². The first-order chi connectivity index (χ1) is 14.3. The van der Waals surface area contributed by atoms with Crippen molar-refractivity contribution < 1.29 is 14.3 Å². The molecule has 2 aromatic heterocycles. The van der Waals surface area contributed by atoms with Crippen LogP contribution in [-0.2, 0) is 29.7 Å². The highest BCUT2D eigenvalue weighted by Gasteiger charge is 2.34. The molecule has 10 heteroatoms. The lowest BCUT2D eigenvalue weighted by Crippen LogP contribution is -2.40. The molecule has 2 aromatic rings. The lowest BCUT2D eigenvalue weighted by molar-refractivity contribution is -0.126. The average molecular weight is 418 g/mol. The summed E-state index contributed by atoms with van der Waals surface area (Å²) in [6.45, 7) is 4.30. The van der Waals surface area contributed by atoms with Crippen LogP contribution in [0.25, 0.3) is 0 Å². The topological polar surface area (TPSA) is 97.5 Å². The molecule has 164 valence electrons. The molecule has 3 heterocycles. The van der Waals surface area contributed by atoms with Crippen LogP contribution < -0.4 is 5.32 Å². The van der Waals surface area contributed by atoms with Gasteiger partial charge in [0.1, 0.15) is 19.0 Å². The van der Waals surface area contributed by atoms with E-state index in [0.717, 1.165) is 18.9 Å². The Hall–Kier alpha value is -2.72. The van der Waals surface area contributed by atoms with Gasteiger partial charge in [-0.2, -0.15) is 5.10 Å². The number of hydrogen-bond donors (Lipinski definition) is 1. The van der Waals surface area contributed by atoms with Gasteiger partial charge in [0.25, 0.3) is 5.91 Å². The summed E-state index contributed by atoms with van der Waals surface area (Å²) in [4.78, 5) is 33.1. The number of rotatable bonds is 9. The molecule has 1 aliphatic heterocycles. The zero-order chi connectivity index (χ0) is 21.7. The van der Waals surface area contributed by atoms with E-state index in [9.17, 15) is 9.59 Å². The van der Waals surface area contributed by atoms with Crippen LogP contribution in [0.3, 0.4) is 0 Å². The van der Waals surface area contributed by atoms with Crippen molar-refractivity contribution >= 4 is 11.8 Å². The predicted molar refractivity (Wildman–Crippen MR) is 111 cm³/mol. The fraction of sp³-hybridized carbons (Fsp3) is 0.600. The van der Waals surface area contributed by atoms with E-state index in [1.165, 1.54) is 0 Å². The predicted octanol–water partition coefficient (Wildman–Crippen LogP) is 0.114. The van der Waals surface area contributed by atoms with Crippen LogP contribution in [0.1, 0.15) is 29.5 Å². The van der Waals surface area contributed by atoms with Gasteiger partial charge < -0.3 is 24.4 Å². The zero-order valence-electron chi connectivity index (χ0n) is 18.1. The van der Waals surface area contributed by atoms with E-state index in [1.807, 2.05) is 38.8 Å². The summed E-state index contributed by atoms with van der Waals surface area (Å²) in [5.41, 5.74) is 0.575. The number of likely N-dealkylation sites (N-methyl/N-ethyl adjacent to an activating group) is 1. The maximum absolute atomic E-state index is 12.9. The number of nitrogens with one attached hydrogen (secondary N) is 1. The van der Waals surface area contributed by atoms with Gasteiger partial charge in [-0.3, -0.25) is 14.3 Å². The Morgan fingerprint density at radius 1 is 1.37 bits per heavy atom. The number of aromatic nitrogens is 4. The molecule has 1 fully saturated rings. The minimum atomic E-state index is -0.188. The van der Waals surface area contributed by atoms with Crippen LogP contribution in [0.15, 0.2) is 24.8 Å². The van der Waals surface area contributed by atoms with E-state index >= 15 is 0 Å². The SMILES string of the molecule is CC1CC(NC(=O)COCc2nccn2C)CN1C(=O)c1cnn(CCN(C)C)c1. The number of nitrogens with zero attached hydrogens (tertiary/aromatic N) is 6. The van der Waals surface area contributed by atoms with Gasteiger partial charge in [0.2, 0.25) is 5.91 Å². The summed E-state index contributed by atoms with van der Waals surface area (Å²) >= 11 is 0. The molecule has 3 rings (SSSR count). The number of likely N-dealkylation sites (tertiary alicyclic amines) is 1. The third-order valence-electron chi connectivity index (χ3n) is 5.24. The van der Waals surface area contributed by atoms with Crippen LogP contribution in [0.2, 0.25) is 0 Å². The second-order valence-electron chi connectivity index (χ2n) is 8.05. The summed E-state index contributed by atoms with van der Waals surface area (Å²) in [7, 11) is 5.88. The van der Waals surface area contributed by atoms with Crippen molar-refractivity contribution in [1.82, 2.24) is 34.4 Å². The van der Waals surface area contributed by atoms with Gasteiger partial charge in [-0.25, -0.2) is 4.98 Å². The van der Waals surface area contributed by atoms with Crippen LogP contribution >= 0.6 is 0 Å². The minimum Gasteiger partial charge on any atom is -0.364 e. The molecule has 2 unspecified atom stereocenters. The van der Waals surface area contributed by atoms with Crippen LogP contribution in [0, 0.1) is 0 Å². The molecule has 2 atom stereocenters. The number of hydrogen-bond acceptors (Lipinski definition) is 6. The van der Waals surface area contributed by atoms with Crippen molar-refractivity contribution in [1.29, 1.82) is 0 Å². The standard InChI is InChI=1S/C20H31N7O3/c1-15-9-17(23-19(28)14-30-13-18-21-5-6-25(18)4)12-27(15)20(29)16-10-22-26(11-16)8-7-24(2)3/h5-6,10-11,15,17H,7-9,12-14H2,1-4H3,(H,23,28). The molecule has 30 heavy (non-hydrogen) atoms. The fourth-order valence-electron chi connectivity index (χ4n) is 3.52. The third kappa shape index (κ3) is 5.67. The van der Waals surface area contributed by atoms with Crippen LogP contribution in [0.5, 0.6) is 0 Å². The first-order valence-electron chi connectivity index (χ1n) is 10.1. The summed E-state index contributed by atoms with van der Waals surface area (Å²) in [6, 6.07) is -0.0431. The quantitative estimate of drug-likeness (QED) is 0.622. The molecule has 10 nitrogen and oxygen atoms in total. The van der Waals surface area contributed by atoms with Crippen molar-refractivity contribution in [2.75, 3.05) is 33.8 Å². The molecule has 0 spiro atoms. The van der Waals surface area contributed by atoms with Gasteiger partial charge in [0.05, 0.1) is 18.3 Å². The number of amides is 2. The van der Waals surface area contributed by atoms with Gasteiger partial charge in [-0.15, -0.1) is 0 Å². The molecule has 0 saturated carbocycles. The molecule has 0 bridgehead atoms. The number of aryl methyl sites for hydroxylation is 1. The van der Waals surface area contributed by atoms with Crippen molar-refractivity contribution in [2.45, 2.75) is 38.6 Å². The summed E-state index contributed by atoms with van der Waals surface area (Å²) in [5.74, 6) is 0.522. The Kier molecular flexibility index (Phi) is 7.22. The van der Waals surface area contributed by atoms with Gasteiger partial charge >= 0.3 is 0 Å². The van der Waals surface area contributed by atoms with Crippen LogP contribution in [-0.4, -0.2) is 86.8 Å². The lowest BCUT2D eigenvalue weighted by Gasteiger charge is -2.20. The fourth-order valence-corrected chi connectivity index (χ4v) is 3.52. The maximum Gasteiger partial charge on any atom is 0.257 e. The first kappa shape index (κ1) is 22.0. The Bertz CT molecular complexity index is 860. The Balaban J connectivity index is 1.46. The second-order valence-corrected chi connectivity index (χ2v) is 8.05. The molecule has 1 saturated heterocycles. The molecule has 0 radical (unpaired) electrons.